The van der Waals surface area contributed by atoms with Gasteiger partial charge >= 0.3 is 16.5 Å². The molecule has 2 fully saturated rings. The van der Waals surface area contributed by atoms with E-state index in [2.05, 4.69) is 0 Å². The standard InChI is InChI=1S/C12H12F3NO3S/c13-12(14,15)9-3-1-8(2-4-9)10-5-6-16-11(10)7-19-20(16,17)18/h1-4,10-11H,5-7H2/t10-,11+/m0/s1. The number of alkyl halides is 3. The molecule has 20 heavy (non-hydrogen) atoms. The van der Waals surface area contributed by atoms with E-state index < -0.39 is 22.0 Å². The molecule has 2 saturated heterocycles. The van der Waals surface area contributed by atoms with Crippen LogP contribution in [0.1, 0.15) is 23.5 Å². The predicted octanol–water partition coefficient (Wildman–Crippen LogP) is 2.14. The van der Waals surface area contributed by atoms with Gasteiger partial charge in [0.2, 0.25) is 0 Å². The van der Waals surface area contributed by atoms with E-state index >= 15 is 0 Å². The summed E-state index contributed by atoms with van der Waals surface area (Å²) in [5.41, 5.74) is 0.0117. The van der Waals surface area contributed by atoms with Crippen molar-refractivity contribution in [3.8, 4) is 0 Å². The lowest BCUT2D eigenvalue weighted by molar-refractivity contribution is -0.137. The highest BCUT2D eigenvalue weighted by atomic mass is 32.2. The molecule has 0 aromatic heterocycles. The van der Waals surface area contributed by atoms with Crippen LogP contribution in [0.5, 0.6) is 0 Å². The van der Waals surface area contributed by atoms with Crippen LogP contribution in [0.3, 0.4) is 0 Å². The molecule has 0 bridgehead atoms. The molecule has 0 spiro atoms. The second-order valence-electron chi connectivity index (χ2n) is 4.94. The van der Waals surface area contributed by atoms with Gasteiger partial charge in [-0.25, -0.2) is 0 Å². The fourth-order valence-corrected chi connectivity index (χ4v) is 4.15. The zero-order valence-electron chi connectivity index (χ0n) is 10.3. The summed E-state index contributed by atoms with van der Waals surface area (Å²) in [6.45, 7) is 0.409. The first-order valence-corrected chi connectivity index (χ1v) is 7.49. The van der Waals surface area contributed by atoms with Gasteiger partial charge in [-0.3, -0.25) is 4.18 Å². The van der Waals surface area contributed by atoms with E-state index in [0.29, 0.717) is 18.5 Å². The molecule has 0 unspecified atom stereocenters. The van der Waals surface area contributed by atoms with Gasteiger partial charge in [-0.2, -0.15) is 25.9 Å². The second kappa shape index (κ2) is 4.44. The van der Waals surface area contributed by atoms with Crippen LogP contribution in [0, 0.1) is 0 Å². The Morgan fingerprint density at radius 2 is 1.85 bits per heavy atom. The fraction of sp³-hybridized carbons (Fsp3) is 0.500. The Labute approximate surface area is 114 Å². The Kier molecular flexibility index (Phi) is 3.07. The molecular weight excluding hydrogens is 295 g/mol. The van der Waals surface area contributed by atoms with Crippen LogP contribution in [0.2, 0.25) is 0 Å². The van der Waals surface area contributed by atoms with Crippen molar-refractivity contribution in [3.05, 3.63) is 35.4 Å². The summed E-state index contributed by atoms with van der Waals surface area (Å²) in [4.78, 5) is 0. The summed E-state index contributed by atoms with van der Waals surface area (Å²) in [6.07, 6.45) is -3.77. The molecule has 2 aliphatic heterocycles. The van der Waals surface area contributed by atoms with Gasteiger partial charge in [0, 0.05) is 12.5 Å². The van der Waals surface area contributed by atoms with E-state index in [1.807, 2.05) is 0 Å². The van der Waals surface area contributed by atoms with Gasteiger partial charge in [0.25, 0.3) is 0 Å². The van der Waals surface area contributed by atoms with Crippen LogP contribution < -0.4 is 0 Å². The molecule has 2 atom stereocenters. The van der Waals surface area contributed by atoms with Crippen LogP contribution in [0.25, 0.3) is 0 Å². The molecular formula is C12H12F3NO3S. The largest absolute Gasteiger partial charge is 0.416 e. The van der Waals surface area contributed by atoms with Gasteiger partial charge in [0.15, 0.2) is 0 Å². The van der Waals surface area contributed by atoms with E-state index in [9.17, 15) is 21.6 Å². The summed E-state index contributed by atoms with van der Waals surface area (Å²) in [5, 5.41) is 0. The topological polar surface area (TPSA) is 46.6 Å². The highest BCUT2D eigenvalue weighted by Gasteiger charge is 2.47. The predicted molar refractivity (Wildman–Crippen MR) is 64.2 cm³/mol. The van der Waals surface area contributed by atoms with Crippen LogP contribution in [0.15, 0.2) is 24.3 Å². The van der Waals surface area contributed by atoms with Crippen molar-refractivity contribution in [2.45, 2.75) is 24.6 Å². The smallest absolute Gasteiger partial charge is 0.256 e. The maximum absolute atomic E-state index is 12.5. The number of rotatable bonds is 1. The lowest BCUT2D eigenvalue weighted by Gasteiger charge is -2.17. The molecule has 2 aliphatic rings. The molecule has 0 radical (unpaired) electrons. The molecule has 2 heterocycles. The van der Waals surface area contributed by atoms with Crippen LogP contribution in [-0.2, 0) is 20.7 Å². The molecule has 0 aliphatic carbocycles. The molecule has 0 N–H and O–H groups in total. The highest BCUT2D eigenvalue weighted by Crippen LogP contribution is 2.40. The molecule has 4 nitrogen and oxygen atoms in total. The number of nitrogens with zero attached hydrogens (tertiary/aromatic N) is 1. The van der Waals surface area contributed by atoms with Crippen molar-refractivity contribution in [2.75, 3.05) is 13.2 Å². The summed E-state index contributed by atoms with van der Waals surface area (Å²) < 4.78 is 66.7. The van der Waals surface area contributed by atoms with Crippen molar-refractivity contribution >= 4 is 10.3 Å². The second-order valence-corrected chi connectivity index (χ2v) is 6.50. The molecule has 8 heteroatoms. The maximum Gasteiger partial charge on any atom is 0.416 e. The van der Waals surface area contributed by atoms with Gasteiger partial charge in [-0.05, 0) is 24.1 Å². The number of hydrogen-bond acceptors (Lipinski definition) is 3. The SMILES string of the molecule is O=S1(=O)OC[C@@H]2[C@H](c3ccc(C(F)(F)F)cc3)CCN21. The Hall–Kier alpha value is -1.12. The fourth-order valence-electron chi connectivity index (χ4n) is 2.83. The number of hydrogen-bond donors (Lipinski definition) is 0. The van der Waals surface area contributed by atoms with Crippen molar-refractivity contribution in [3.63, 3.8) is 0 Å². The summed E-state index contributed by atoms with van der Waals surface area (Å²) >= 11 is 0. The van der Waals surface area contributed by atoms with Crippen LogP contribution in [0.4, 0.5) is 13.2 Å². The average molecular weight is 307 g/mol. The normalized spacial score (nSPS) is 29.6. The summed E-state index contributed by atoms with van der Waals surface area (Å²) in [5.74, 6) is -0.116. The summed E-state index contributed by atoms with van der Waals surface area (Å²) in [7, 11) is -3.64. The highest BCUT2D eigenvalue weighted by molar-refractivity contribution is 7.84. The minimum atomic E-state index is -4.36. The first-order chi connectivity index (χ1) is 9.29. The Morgan fingerprint density at radius 3 is 2.45 bits per heavy atom. The Bertz CT molecular complexity index is 612. The van der Waals surface area contributed by atoms with Gasteiger partial charge < -0.3 is 0 Å². The van der Waals surface area contributed by atoms with E-state index in [1.165, 1.54) is 16.4 Å². The monoisotopic (exact) mass is 307 g/mol. The number of halogens is 3. The van der Waals surface area contributed by atoms with Crippen LogP contribution in [-0.4, -0.2) is 31.9 Å². The first-order valence-electron chi connectivity index (χ1n) is 6.12. The third-order valence-corrected chi connectivity index (χ3v) is 5.30. The third kappa shape index (κ3) is 2.21. The van der Waals surface area contributed by atoms with Gasteiger partial charge in [0.1, 0.15) is 0 Å². The van der Waals surface area contributed by atoms with Crippen molar-refractivity contribution < 1.29 is 25.8 Å². The zero-order chi connectivity index (χ0) is 14.5. The Morgan fingerprint density at radius 1 is 1.20 bits per heavy atom. The molecule has 3 rings (SSSR count). The summed E-state index contributed by atoms with van der Waals surface area (Å²) in [6, 6.07) is 4.59. The van der Waals surface area contributed by atoms with Crippen LogP contribution >= 0.6 is 0 Å². The average Bonchev–Trinajstić information content (AvgIpc) is 2.91. The van der Waals surface area contributed by atoms with Crippen molar-refractivity contribution in [1.29, 1.82) is 0 Å². The van der Waals surface area contributed by atoms with Crippen molar-refractivity contribution in [2.24, 2.45) is 0 Å². The van der Waals surface area contributed by atoms with Crippen molar-refractivity contribution in [1.82, 2.24) is 4.31 Å². The van der Waals surface area contributed by atoms with Gasteiger partial charge in [0.05, 0.1) is 18.2 Å². The molecule has 1 aromatic rings. The minimum Gasteiger partial charge on any atom is -0.256 e. The van der Waals surface area contributed by atoms with E-state index in [-0.39, 0.29) is 18.6 Å². The van der Waals surface area contributed by atoms with Gasteiger partial charge in [-0.1, -0.05) is 12.1 Å². The molecule has 1 aromatic carbocycles. The number of fused-ring (bicyclic) bond motifs is 1. The number of benzene rings is 1. The first kappa shape index (κ1) is 13.8. The third-order valence-electron chi connectivity index (χ3n) is 3.84. The Balaban J connectivity index is 1.85. The lowest BCUT2D eigenvalue weighted by Crippen LogP contribution is -2.30. The minimum absolute atomic E-state index is 0.0635. The quantitative estimate of drug-likeness (QED) is 0.798. The maximum atomic E-state index is 12.5. The van der Waals surface area contributed by atoms with E-state index in [4.69, 9.17) is 4.18 Å². The zero-order valence-corrected chi connectivity index (χ0v) is 11.1. The lowest BCUT2D eigenvalue weighted by atomic mass is 9.91. The van der Waals surface area contributed by atoms with E-state index in [0.717, 1.165) is 12.1 Å². The van der Waals surface area contributed by atoms with Gasteiger partial charge in [-0.15, -0.1) is 0 Å². The molecule has 0 saturated carbocycles. The van der Waals surface area contributed by atoms with E-state index in [1.54, 1.807) is 0 Å². The molecule has 0 amide bonds. The molecule has 110 valence electrons.